The van der Waals surface area contributed by atoms with Crippen molar-refractivity contribution in [1.29, 1.82) is 0 Å². The molecule has 1 N–H and O–H groups in total. The molecule has 3 unspecified atom stereocenters. The second kappa shape index (κ2) is 8.53. The van der Waals surface area contributed by atoms with Crippen LogP contribution in [0.5, 0.6) is 0 Å². The van der Waals surface area contributed by atoms with E-state index >= 15 is 0 Å². The van der Waals surface area contributed by atoms with Gasteiger partial charge in [-0.05, 0) is 50.0 Å². The number of carbonyl (C=O) groups is 1. The topological polar surface area (TPSA) is 29.1 Å². The van der Waals surface area contributed by atoms with E-state index in [1.54, 1.807) is 0 Å². The smallest absolute Gasteiger partial charge is 0.132 e. The second-order valence-electron chi connectivity index (χ2n) is 7.60. The van der Waals surface area contributed by atoms with Crippen molar-refractivity contribution in [3.8, 4) is 0 Å². The van der Waals surface area contributed by atoms with Gasteiger partial charge in [0.25, 0.3) is 0 Å². The third-order valence-electron chi connectivity index (χ3n) is 6.39. The fourth-order valence-corrected chi connectivity index (χ4v) is 4.17. The van der Waals surface area contributed by atoms with Crippen LogP contribution in [0.1, 0.15) is 78.6 Å². The summed E-state index contributed by atoms with van der Waals surface area (Å²) in [4.78, 5) is 12.2. The normalized spacial score (nSPS) is 33.7. The van der Waals surface area contributed by atoms with E-state index < -0.39 is 0 Å². The van der Waals surface area contributed by atoms with Crippen LogP contribution in [0.15, 0.2) is 0 Å². The molecular formula is C18H34ClNO. The average Bonchev–Trinajstić information content (AvgIpc) is 2.94. The van der Waals surface area contributed by atoms with E-state index in [0.29, 0.717) is 17.2 Å². The number of piperidine rings is 1. The largest absolute Gasteiger partial charge is 0.314 e. The number of hydrogen-bond donors (Lipinski definition) is 1. The summed E-state index contributed by atoms with van der Waals surface area (Å²) in [5.74, 6) is 2.08. The van der Waals surface area contributed by atoms with Crippen molar-refractivity contribution in [3.63, 3.8) is 0 Å². The van der Waals surface area contributed by atoms with Crippen molar-refractivity contribution >= 4 is 18.2 Å². The Morgan fingerprint density at radius 3 is 2.43 bits per heavy atom. The molecule has 0 aromatic carbocycles. The highest BCUT2D eigenvalue weighted by atomic mass is 35.5. The van der Waals surface area contributed by atoms with Gasteiger partial charge in [0.1, 0.15) is 5.78 Å². The molecule has 3 atom stereocenters. The maximum absolute atomic E-state index is 12.2. The number of ketones is 1. The maximum Gasteiger partial charge on any atom is 0.132 e. The van der Waals surface area contributed by atoms with Crippen LogP contribution in [-0.4, -0.2) is 18.4 Å². The van der Waals surface area contributed by atoms with Crippen LogP contribution in [-0.2, 0) is 4.79 Å². The molecule has 1 heterocycles. The van der Waals surface area contributed by atoms with Crippen LogP contribution in [0.25, 0.3) is 0 Å². The number of halogens is 1. The van der Waals surface area contributed by atoms with Crippen molar-refractivity contribution in [2.45, 2.75) is 84.6 Å². The summed E-state index contributed by atoms with van der Waals surface area (Å²) < 4.78 is 0. The first-order valence-electron chi connectivity index (χ1n) is 8.77. The molecule has 2 fully saturated rings. The van der Waals surface area contributed by atoms with Crippen LogP contribution in [0.3, 0.4) is 0 Å². The summed E-state index contributed by atoms with van der Waals surface area (Å²) in [6.07, 6.45) is 10.6. The third-order valence-corrected chi connectivity index (χ3v) is 6.39. The van der Waals surface area contributed by atoms with Crippen LogP contribution in [0.4, 0.5) is 0 Å². The maximum atomic E-state index is 12.2. The lowest BCUT2D eigenvalue weighted by Crippen LogP contribution is -2.51. The highest BCUT2D eigenvalue weighted by Crippen LogP contribution is 2.40. The van der Waals surface area contributed by atoms with Gasteiger partial charge in [0, 0.05) is 18.9 Å². The van der Waals surface area contributed by atoms with Gasteiger partial charge in [-0.1, -0.05) is 39.5 Å². The summed E-state index contributed by atoms with van der Waals surface area (Å²) in [6, 6.07) is 0.536. The quantitative estimate of drug-likeness (QED) is 0.766. The Balaban J connectivity index is 0.00000220. The predicted molar refractivity (Wildman–Crippen MR) is 92.0 cm³/mol. The summed E-state index contributed by atoms with van der Waals surface area (Å²) >= 11 is 0. The fraction of sp³-hybridized carbons (Fsp3) is 0.944. The van der Waals surface area contributed by atoms with E-state index in [1.807, 2.05) is 0 Å². The molecule has 0 aromatic heterocycles. The number of rotatable bonds is 6. The first-order valence-corrected chi connectivity index (χ1v) is 8.77. The van der Waals surface area contributed by atoms with Crippen LogP contribution >= 0.6 is 12.4 Å². The van der Waals surface area contributed by atoms with Crippen molar-refractivity contribution in [2.75, 3.05) is 6.54 Å². The van der Waals surface area contributed by atoms with Gasteiger partial charge in [-0.3, -0.25) is 4.79 Å². The van der Waals surface area contributed by atoms with E-state index in [-0.39, 0.29) is 12.4 Å². The zero-order chi connectivity index (χ0) is 14.6. The fourth-order valence-electron chi connectivity index (χ4n) is 4.17. The van der Waals surface area contributed by atoms with E-state index in [9.17, 15) is 4.79 Å². The molecule has 0 aromatic rings. The zero-order valence-electron chi connectivity index (χ0n) is 14.1. The van der Waals surface area contributed by atoms with E-state index in [1.165, 1.54) is 32.1 Å². The Kier molecular flexibility index (Phi) is 7.70. The molecule has 21 heavy (non-hydrogen) atoms. The molecule has 0 spiro atoms. The highest BCUT2D eigenvalue weighted by molar-refractivity contribution is 5.85. The minimum absolute atomic E-state index is 0. The molecule has 0 radical (unpaired) electrons. The summed E-state index contributed by atoms with van der Waals surface area (Å²) in [6.45, 7) is 8.16. The van der Waals surface area contributed by atoms with Gasteiger partial charge in [-0.15, -0.1) is 12.4 Å². The van der Waals surface area contributed by atoms with Crippen molar-refractivity contribution in [3.05, 3.63) is 0 Å². The van der Waals surface area contributed by atoms with E-state index in [2.05, 4.69) is 26.1 Å². The minimum atomic E-state index is 0. The Labute approximate surface area is 137 Å². The lowest BCUT2D eigenvalue weighted by molar-refractivity contribution is -0.120. The molecule has 1 saturated carbocycles. The van der Waals surface area contributed by atoms with E-state index in [0.717, 1.165) is 44.1 Å². The molecule has 0 amide bonds. The molecule has 2 aliphatic rings. The Morgan fingerprint density at radius 2 is 1.81 bits per heavy atom. The molecule has 1 aliphatic heterocycles. The van der Waals surface area contributed by atoms with Crippen LogP contribution in [0, 0.1) is 17.3 Å². The lowest BCUT2D eigenvalue weighted by Gasteiger charge is -2.45. The highest BCUT2D eigenvalue weighted by Gasteiger charge is 2.39. The number of carbonyl (C=O) groups excluding carboxylic acids is 1. The lowest BCUT2D eigenvalue weighted by atomic mass is 9.66. The van der Waals surface area contributed by atoms with Crippen LogP contribution in [0.2, 0.25) is 0 Å². The standard InChI is InChI=1S/C18H33NO.ClH/c1-14-11-13-19-15(2)18(14,3)12-10-17(20)9-8-16-6-4-5-7-16;/h14-16,19H,4-13H2,1-3H3;1H. The Hall–Kier alpha value is -0.0800. The van der Waals surface area contributed by atoms with E-state index in [4.69, 9.17) is 0 Å². The molecule has 2 nitrogen and oxygen atoms in total. The molecule has 3 heteroatoms. The molecule has 1 saturated heterocycles. The predicted octanol–water partition coefficient (Wildman–Crippen LogP) is 4.75. The van der Waals surface area contributed by atoms with Crippen LogP contribution < -0.4 is 5.32 Å². The first kappa shape index (κ1) is 19.0. The minimum Gasteiger partial charge on any atom is -0.314 e. The summed E-state index contributed by atoms with van der Waals surface area (Å²) in [5, 5.41) is 3.59. The Bertz CT molecular complexity index is 315. The molecule has 1 aliphatic carbocycles. The van der Waals surface area contributed by atoms with Crippen molar-refractivity contribution in [2.24, 2.45) is 17.3 Å². The molecule has 2 rings (SSSR count). The first-order chi connectivity index (χ1) is 9.52. The van der Waals surface area contributed by atoms with Gasteiger partial charge in [0.05, 0.1) is 0 Å². The van der Waals surface area contributed by atoms with Gasteiger partial charge in [0.2, 0.25) is 0 Å². The SMILES string of the molecule is CC1CCNC(C)C1(C)CCC(=O)CCC1CCCC1.Cl. The molecular weight excluding hydrogens is 282 g/mol. The Morgan fingerprint density at radius 1 is 1.14 bits per heavy atom. The molecule has 0 bridgehead atoms. The monoisotopic (exact) mass is 315 g/mol. The van der Waals surface area contributed by atoms with Gasteiger partial charge >= 0.3 is 0 Å². The number of Topliss-reactive ketones (excluding diaryl/α,β-unsaturated/α-hetero) is 1. The summed E-state index contributed by atoms with van der Waals surface area (Å²) in [7, 11) is 0. The van der Waals surface area contributed by atoms with Crippen molar-refractivity contribution in [1.82, 2.24) is 5.32 Å². The van der Waals surface area contributed by atoms with Gasteiger partial charge in [-0.25, -0.2) is 0 Å². The molecule has 124 valence electrons. The van der Waals surface area contributed by atoms with Gasteiger partial charge in [-0.2, -0.15) is 0 Å². The van der Waals surface area contributed by atoms with Gasteiger partial charge in [0.15, 0.2) is 0 Å². The third kappa shape index (κ3) is 4.96. The number of nitrogens with one attached hydrogen (secondary N) is 1. The van der Waals surface area contributed by atoms with Gasteiger partial charge < -0.3 is 5.32 Å². The van der Waals surface area contributed by atoms with Crippen molar-refractivity contribution < 1.29 is 4.79 Å². The summed E-state index contributed by atoms with van der Waals surface area (Å²) in [5.41, 5.74) is 0.293. The second-order valence-corrected chi connectivity index (χ2v) is 7.60. The zero-order valence-corrected chi connectivity index (χ0v) is 14.9. The number of hydrogen-bond acceptors (Lipinski definition) is 2. The average molecular weight is 316 g/mol.